The van der Waals surface area contributed by atoms with Crippen molar-refractivity contribution < 1.29 is 24.2 Å². The lowest BCUT2D eigenvalue weighted by atomic mass is 9.71. The topological polar surface area (TPSA) is 105 Å². The van der Waals surface area contributed by atoms with Crippen LogP contribution in [0.1, 0.15) is 50.2 Å². The first-order chi connectivity index (χ1) is 16.8. The van der Waals surface area contributed by atoms with Crippen molar-refractivity contribution in [2.24, 2.45) is 23.7 Å². The molecule has 2 aromatic rings. The van der Waals surface area contributed by atoms with E-state index < -0.39 is 24.0 Å². The number of rotatable bonds is 7. The van der Waals surface area contributed by atoms with Gasteiger partial charge in [0.2, 0.25) is 5.91 Å². The van der Waals surface area contributed by atoms with Gasteiger partial charge in [-0.25, -0.2) is 4.79 Å². The summed E-state index contributed by atoms with van der Waals surface area (Å²) in [6.45, 7) is 3.81. The zero-order valence-corrected chi connectivity index (χ0v) is 20.1. The Bertz CT molecular complexity index is 1100. The lowest BCUT2D eigenvalue weighted by molar-refractivity contribution is -0.141. The molecule has 6 atom stereocenters. The fraction of sp³-hybridized carbons (Fsp3) is 0.464. The van der Waals surface area contributed by atoms with Crippen LogP contribution in [0, 0.1) is 23.7 Å². The van der Waals surface area contributed by atoms with Gasteiger partial charge in [0.25, 0.3) is 0 Å². The van der Waals surface area contributed by atoms with Crippen LogP contribution in [0.4, 0.5) is 4.79 Å². The molecule has 35 heavy (non-hydrogen) atoms. The number of nitrogens with one attached hydrogen (secondary N) is 2. The SMILES string of the molecule is CC(NC(=O)OCC1c2ccccc2-c2ccccc21)C(C)C(=O)N[C@H]1C[C@H]2CC(C(=O)O)C[C@H]21. The molecular formula is C28H32N2O5. The van der Waals surface area contributed by atoms with Crippen molar-refractivity contribution in [2.45, 2.75) is 51.1 Å². The van der Waals surface area contributed by atoms with Gasteiger partial charge in [-0.2, -0.15) is 0 Å². The Hall–Kier alpha value is -3.35. The molecule has 0 bridgehead atoms. The van der Waals surface area contributed by atoms with Gasteiger partial charge < -0.3 is 20.5 Å². The average molecular weight is 477 g/mol. The largest absolute Gasteiger partial charge is 0.481 e. The standard InChI is InChI=1S/C28H32N2O5/c1-15(26(31)30-25-13-17-11-18(27(32)33)12-23(17)25)16(2)29-28(34)35-14-24-21-9-5-3-7-19(21)20-8-4-6-10-22(20)24/h3-10,15-18,23-25H,11-14H2,1-2H3,(H,29,34)(H,30,31)(H,32,33)/t15?,16?,17-,18?,23-,25+/m1/s1. The van der Waals surface area contributed by atoms with Crippen LogP contribution in [0.5, 0.6) is 0 Å². The minimum Gasteiger partial charge on any atom is -0.481 e. The van der Waals surface area contributed by atoms with Crippen molar-refractivity contribution in [1.82, 2.24) is 10.6 Å². The van der Waals surface area contributed by atoms with Crippen molar-refractivity contribution in [3.8, 4) is 11.1 Å². The van der Waals surface area contributed by atoms with E-state index in [-0.39, 0.29) is 36.3 Å². The summed E-state index contributed by atoms with van der Waals surface area (Å²) in [6.07, 6.45) is 1.64. The number of carbonyl (C=O) groups excluding carboxylic acids is 2. The predicted molar refractivity (Wildman–Crippen MR) is 131 cm³/mol. The summed E-state index contributed by atoms with van der Waals surface area (Å²) < 4.78 is 5.61. The molecule has 3 aliphatic rings. The van der Waals surface area contributed by atoms with E-state index >= 15 is 0 Å². The Balaban J connectivity index is 1.12. The van der Waals surface area contributed by atoms with E-state index in [2.05, 4.69) is 34.9 Å². The van der Waals surface area contributed by atoms with Gasteiger partial charge in [0.15, 0.2) is 0 Å². The number of benzene rings is 2. The third-order valence-corrected chi connectivity index (χ3v) is 8.35. The second kappa shape index (κ2) is 9.36. The highest BCUT2D eigenvalue weighted by molar-refractivity contribution is 5.81. The third kappa shape index (κ3) is 4.40. The number of hydrogen-bond acceptors (Lipinski definition) is 4. The van der Waals surface area contributed by atoms with Crippen LogP contribution in [0.2, 0.25) is 0 Å². The van der Waals surface area contributed by atoms with E-state index in [9.17, 15) is 19.5 Å². The van der Waals surface area contributed by atoms with E-state index in [0.29, 0.717) is 18.8 Å². The summed E-state index contributed by atoms with van der Waals surface area (Å²) >= 11 is 0. The summed E-state index contributed by atoms with van der Waals surface area (Å²) in [5, 5.41) is 15.1. The fourth-order valence-electron chi connectivity index (χ4n) is 6.09. The van der Waals surface area contributed by atoms with Crippen molar-refractivity contribution in [3.63, 3.8) is 0 Å². The molecular weight excluding hydrogens is 444 g/mol. The van der Waals surface area contributed by atoms with Crippen molar-refractivity contribution in [2.75, 3.05) is 6.61 Å². The van der Waals surface area contributed by atoms with Crippen LogP contribution >= 0.6 is 0 Å². The van der Waals surface area contributed by atoms with Gasteiger partial charge in [-0.05, 0) is 60.3 Å². The van der Waals surface area contributed by atoms with Gasteiger partial charge in [-0.1, -0.05) is 55.5 Å². The van der Waals surface area contributed by atoms with Gasteiger partial charge in [-0.15, -0.1) is 0 Å². The number of fused-ring (bicyclic) bond motifs is 4. The number of carboxylic acid groups (broad SMARTS) is 1. The van der Waals surface area contributed by atoms with Crippen LogP contribution in [-0.2, 0) is 14.3 Å². The number of ether oxygens (including phenoxy) is 1. The van der Waals surface area contributed by atoms with E-state index in [1.165, 1.54) is 11.1 Å². The van der Waals surface area contributed by atoms with Gasteiger partial charge in [0.05, 0.1) is 11.8 Å². The molecule has 2 saturated carbocycles. The van der Waals surface area contributed by atoms with Gasteiger partial charge >= 0.3 is 12.1 Å². The van der Waals surface area contributed by atoms with E-state index in [1.54, 1.807) is 13.8 Å². The number of carboxylic acids is 1. The molecule has 0 aliphatic heterocycles. The maximum Gasteiger partial charge on any atom is 0.407 e. The molecule has 3 N–H and O–H groups in total. The second-order valence-corrected chi connectivity index (χ2v) is 10.3. The summed E-state index contributed by atoms with van der Waals surface area (Å²) in [6, 6.07) is 16.0. The molecule has 0 heterocycles. The average Bonchev–Trinajstić information content (AvgIpc) is 3.35. The number of aliphatic carboxylic acids is 1. The molecule has 7 heteroatoms. The van der Waals surface area contributed by atoms with Gasteiger partial charge in [0.1, 0.15) is 6.61 Å². The fourth-order valence-corrected chi connectivity index (χ4v) is 6.09. The lowest BCUT2D eigenvalue weighted by Crippen LogP contribution is -2.53. The smallest absolute Gasteiger partial charge is 0.407 e. The minimum atomic E-state index is -0.737. The summed E-state index contributed by atoms with van der Waals surface area (Å²) in [4.78, 5) is 36.6. The van der Waals surface area contributed by atoms with Crippen LogP contribution in [0.3, 0.4) is 0 Å². The van der Waals surface area contributed by atoms with Crippen LogP contribution in [0.15, 0.2) is 48.5 Å². The quantitative estimate of drug-likeness (QED) is 0.557. The Kier molecular flexibility index (Phi) is 6.26. The first-order valence-corrected chi connectivity index (χ1v) is 12.5. The minimum absolute atomic E-state index is 0.0169. The molecule has 0 aromatic heterocycles. The molecule has 2 fully saturated rings. The zero-order chi connectivity index (χ0) is 24.7. The molecule has 3 aliphatic carbocycles. The van der Waals surface area contributed by atoms with E-state index in [4.69, 9.17) is 4.74 Å². The van der Waals surface area contributed by atoms with Gasteiger partial charge in [-0.3, -0.25) is 9.59 Å². The first-order valence-electron chi connectivity index (χ1n) is 12.5. The highest BCUT2D eigenvalue weighted by Crippen LogP contribution is 2.50. The molecule has 5 rings (SSSR count). The molecule has 184 valence electrons. The molecule has 2 amide bonds. The summed E-state index contributed by atoms with van der Waals surface area (Å²) in [7, 11) is 0. The van der Waals surface area contributed by atoms with Crippen LogP contribution < -0.4 is 10.6 Å². The number of hydrogen-bond donors (Lipinski definition) is 3. The number of carbonyl (C=O) groups is 3. The molecule has 2 aromatic carbocycles. The molecule has 0 saturated heterocycles. The molecule has 0 spiro atoms. The highest BCUT2D eigenvalue weighted by Gasteiger charge is 2.50. The number of alkyl carbamates (subject to hydrolysis) is 1. The van der Waals surface area contributed by atoms with E-state index in [0.717, 1.165) is 17.5 Å². The third-order valence-electron chi connectivity index (χ3n) is 8.35. The Labute approximate surface area is 205 Å². The number of amides is 2. The van der Waals surface area contributed by atoms with Crippen molar-refractivity contribution in [1.29, 1.82) is 0 Å². The van der Waals surface area contributed by atoms with E-state index in [1.807, 2.05) is 24.3 Å². The highest BCUT2D eigenvalue weighted by atomic mass is 16.5. The maximum absolute atomic E-state index is 12.8. The Morgan fingerprint density at radius 3 is 2.23 bits per heavy atom. The normalized spacial score (nSPS) is 25.9. The summed E-state index contributed by atoms with van der Waals surface area (Å²) in [5.74, 6) is -0.968. The molecule has 0 radical (unpaired) electrons. The summed E-state index contributed by atoms with van der Waals surface area (Å²) in [5.41, 5.74) is 4.65. The lowest BCUT2D eigenvalue weighted by Gasteiger charge is -2.41. The zero-order valence-electron chi connectivity index (χ0n) is 20.1. The predicted octanol–water partition coefficient (Wildman–Crippen LogP) is 4.17. The Morgan fingerprint density at radius 1 is 0.971 bits per heavy atom. The molecule has 7 nitrogen and oxygen atoms in total. The molecule has 3 unspecified atom stereocenters. The first kappa shape index (κ1) is 23.4. The van der Waals surface area contributed by atoms with Crippen LogP contribution in [0.25, 0.3) is 11.1 Å². The second-order valence-electron chi connectivity index (χ2n) is 10.3. The van der Waals surface area contributed by atoms with Crippen molar-refractivity contribution >= 4 is 18.0 Å². The maximum atomic E-state index is 12.8. The van der Waals surface area contributed by atoms with Crippen molar-refractivity contribution in [3.05, 3.63) is 59.7 Å². The monoisotopic (exact) mass is 476 g/mol. The Morgan fingerprint density at radius 2 is 1.60 bits per heavy atom. The van der Waals surface area contributed by atoms with Gasteiger partial charge in [0, 0.05) is 18.0 Å². The van der Waals surface area contributed by atoms with Crippen LogP contribution in [-0.4, -0.2) is 41.8 Å².